The number of carbonyl (C=O) groups excluding carboxylic acids is 2. The minimum Gasteiger partial charge on any atom is -0.392 e. The van der Waals surface area contributed by atoms with Crippen LogP contribution in [0.4, 0.5) is 0 Å². The molecule has 3 rings (SSSR count). The van der Waals surface area contributed by atoms with Crippen LogP contribution in [0.5, 0.6) is 0 Å². The molecule has 0 aromatic carbocycles. The van der Waals surface area contributed by atoms with E-state index in [2.05, 4.69) is 0 Å². The highest BCUT2D eigenvalue weighted by Gasteiger charge is 2.76. The number of hydrogen-bond donors (Lipinski definition) is 3. The van der Waals surface area contributed by atoms with E-state index in [9.17, 15) is 9.59 Å². The van der Waals surface area contributed by atoms with Crippen molar-refractivity contribution in [1.29, 1.82) is 0 Å². The molecule has 19 heavy (non-hydrogen) atoms. The number of esters is 2. The third kappa shape index (κ3) is 1.95. The molecule has 0 radical (unpaired) electrons. The van der Waals surface area contributed by atoms with Gasteiger partial charge in [-0.15, -0.1) is 0 Å². The molecule has 4 atom stereocenters. The van der Waals surface area contributed by atoms with Crippen molar-refractivity contribution >= 4 is 19.8 Å². The maximum Gasteiger partial charge on any atom is 0.466 e. The summed E-state index contributed by atoms with van der Waals surface area (Å²) < 4.78 is 19.3. The summed E-state index contributed by atoms with van der Waals surface area (Å²) in [7, 11) is -4.64. The molecular weight excluding hydrogens is 279 g/mol. The van der Waals surface area contributed by atoms with Crippen LogP contribution in [-0.4, -0.2) is 38.8 Å². The van der Waals surface area contributed by atoms with Crippen LogP contribution in [0.3, 0.4) is 0 Å². The number of fused-ring (bicyclic) bond motifs is 5. The van der Waals surface area contributed by atoms with E-state index in [-0.39, 0.29) is 12.2 Å². The van der Waals surface area contributed by atoms with Crippen LogP contribution in [0, 0.1) is 10.8 Å². The van der Waals surface area contributed by atoms with Gasteiger partial charge in [-0.2, -0.15) is 0 Å². The summed E-state index contributed by atoms with van der Waals surface area (Å²) in [5.41, 5.74) is -1.49. The Morgan fingerprint density at radius 2 is 1.37 bits per heavy atom. The highest BCUT2D eigenvalue weighted by atomic mass is 31.2. The van der Waals surface area contributed by atoms with Gasteiger partial charge in [0.05, 0.1) is 12.2 Å². The third-order valence-corrected chi connectivity index (χ3v) is 4.42. The van der Waals surface area contributed by atoms with Gasteiger partial charge in [0.25, 0.3) is 0 Å². The highest BCUT2D eigenvalue weighted by Crippen LogP contribution is 2.63. The van der Waals surface area contributed by atoms with E-state index in [0.29, 0.717) is 0 Å². The lowest BCUT2D eigenvalue weighted by Gasteiger charge is -2.34. The van der Waals surface area contributed by atoms with Crippen LogP contribution >= 0.6 is 7.82 Å². The van der Waals surface area contributed by atoms with Crippen molar-refractivity contribution in [2.45, 2.75) is 38.9 Å². The van der Waals surface area contributed by atoms with Crippen LogP contribution in [0.25, 0.3) is 0 Å². The van der Waals surface area contributed by atoms with Gasteiger partial charge < -0.3 is 24.2 Å². The fourth-order valence-electron chi connectivity index (χ4n) is 3.14. The molecule has 3 aliphatic rings. The van der Waals surface area contributed by atoms with Crippen molar-refractivity contribution in [3.63, 3.8) is 0 Å². The molecule has 0 spiro atoms. The highest BCUT2D eigenvalue weighted by molar-refractivity contribution is 7.45. The topological polar surface area (TPSA) is 130 Å². The summed E-state index contributed by atoms with van der Waals surface area (Å²) >= 11 is 0. The molecule has 0 aromatic heterocycles. The van der Waals surface area contributed by atoms with Gasteiger partial charge in [0, 0.05) is 0 Å². The Bertz CT molecular complexity index is 444. The summed E-state index contributed by atoms with van der Waals surface area (Å²) in [5, 5.41) is 0. The fourth-order valence-corrected chi connectivity index (χ4v) is 3.14. The second kappa shape index (κ2) is 4.10. The second-order valence-electron chi connectivity index (χ2n) is 5.29. The number of cyclic esters (lactones) is 2. The van der Waals surface area contributed by atoms with Crippen LogP contribution in [0.1, 0.15) is 26.7 Å². The van der Waals surface area contributed by atoms with Crippen molar-refractivity contribution in [3.05, 3.63) is 0 Å². The first-order valence-corrected chi connectivity index (χ1v) is 7.28. The van der Waals surface area contributed by atoms with Crippen molar-refractivity contribution in [2.75, 3.05) is 0 Å². The van der Waals surface area contributed by atoms with Gasteiger partial charge in [-0.1, -0.05) is 0 Å². The Morgan fingerprint density at radius 3 is 1.68 bits per heavy atom. The molecule has 0 aromatic rings. The molecule has 2 bridgehead atoms. The van der Waals surface area contributed by atoms with Crippen molar-refractivity contribution < 1.29 is 38.3 Å². The van der Waals surface area contributed by atoms with Crippen LogP contribution < -0.4 is 0 Å². The van der Waals surface area contributed by atoms with Crippen molar-refractivity contribution in [1.82, 2.24) is 0 Å². The molecule has 0 unspecified atom stereocenters. The van der Waals surface area contributed by atoms with Crippen LogP contribution in [-0.2, 0) is 23.6 Å². The maximum atomic E-state index is 11.7. The number of hydrogen-bond acceptors (Lipinski definition) is 5. The molecule has 0 saturated carbocycles. The summed E-state index contributed by atoms with van der Waals surface area (Å²) in [4.78, 5) is 44.9. The smallest absolute Gasteiger partial charge is 0.392 e. The van der Waals surface area contributed by atoms with Crippen LogP contribution in [0.15, 0.2) is 0 Å². The Balaban J connectivity index is 0.000000232. The Kier molecular flexibility index (Phi) is 3.15. The molecule has 0 aliphatic carbocycles. The van der Waals surface area contributed by atoms with Gasteiger partial charge in [-0.25, -0.2) is 4.57 Å². The molecule has 108 valence electrons. The SMILES string of the molecule is C[C@@]12C(=O)OC(=O)[C@]1(C)[C@H]1CC[C@@H]2O1.O=P(O)(O)O. The zero-order chi connectivity index (χ0) is 14.6. The quantitative estimate of drug-likeness (QED) is 0.316. The Hall–Kier alpha value is -0.790. The van der Waals surface area contributed by atoms with Crippen LogP contribution in [0.2, 0.25) is 0 Å². The van der Waals surface area contributed by atoms with E-state index in [1.807, 2.05) is 0 Å². The van der Waals surface area contributed by atoms with E-state index >= 15 is 0 Å². The largest absolute Gasteiger partial charge is 0.466 e. The van der Waals surface area contributed by atoms with Crippen molar-refractivity contribution in [3.8, 4) is 0 Å². The predicted molar refractivity (Wildman–Crippen MR) is 59.5 cm³/mol. The minimum atomic E-state index is -4.64. The zero-order valence-corrected chi connectivity index (χ0v) is 11.3. The van der Waals surface area contributed by atoms with E-state index in [1.165, 1.54) is 0 Å². The zero-order valence-electron chi connectivity index (χ0n) is 10.4. The van der Waals surface area contributed by atoms with Gasteiger partial charge in [0.1, 0.15) is 10.8 Å². The van der Waals surface area contributed by atoms with Gasteiger partial charge in [0.15, 0.2) is 0 Å². The number of phosphoric acid groups is 1. The first-order valence-electron chi connectivity index (χ1n) is 5.71. The summed E-state index contributed by atoms with van der Waals surface area (Å²) in [6.45, 7) is 3.59. The number of ether oxygens (including phenoxy) is 2. The summed E-state index contributed by atoms with van der Waals surface area (Å²) in [6.07, 6.45) is 1.46. The Morgan fingerprint density at radius 1 is 1.05 bits per heavy atom. The van der Waals surface area contributed by atoms with Gasteiger partial charge in [-0.05, 0) is 26.7 Å². The van der Waals surface area contributed by atoms with Gasteiger partial charge >= 0.3 is 19.8 Å². The molecule has 3 saturated heterocycles. The average molecular weight is 294 g/mol. The average Bonchev–Trinajstić information content (AvgIpc) is 2.83. The fraction of sp³-hybridized carbons (Fsp3) is 0.800. The third-order valence-electron chi connectivity index (χ3n) is 4.42. The standard InChI is InChI=1S/C10H12O4.H3O4P/c1-9-5-3-4-6(13-5)10(9,2)8(12)14-7(9)11;1-5(2,3)4/h5-6H,3-4H2,1-2H3;(H3,1,2,3,4)/t5-,6+,9+,10-;. The maximum absolute atomic E-state index is 11.7. The summed E-state index contributed by atoms with van der Waals surface area (Å²) in [6, 6.07) is 0. The number of rotatable bonds is 0. The lowest BCUT2D eigenvalue weighted by molar-refractivity contribution is -0.159. The molecule has 3 aliphatic heterocycles. The molecule has 3 N–H and O–H groups in total. The molecule has 3 heterocycles. The van der Waals surface area contributed by atoms with E-state index < -0.39 is 30.6 Å². The molecule has 9 heteroatoms. The van der Waals surface area contributed by atoms with E-state index in [4.69, 9.17) is 28.7 Å². The lowest BCUT2D eigenvalue weighted by Crippen LogP contribution is -2.48. The van der Waals surface area contributed by atoms with Gasteiger partial charge in [-0.3, -0.25) is 9.59 Å². The normalized spacial score (nSPS) is 43.6. The van der Waals surface area contributed by atoms with Gasteiger partial charge in [0.2, 0.25) is 0 Å². The first-order chi connectivity index (χ1) is 8.51. The summed E-state index contributed by atoms with van der Waals surface area (Å²) in [5.74, 6) is -0.811. The van der Waals surface area contributed by atoms with Crippen molar-refractivity contribution in [2.24, 2.45) is 10.8 Å². The lowest BCUT2D eigenvalue weighted by atomic mass is 9.59. The molecule has 8 nitrogen and oxygen atoms in total. The minimum absolute atomic E-state index is 0.128. The second-order valence-corrected chi connectivity index (χ2v) is 6.31. The molecule has 0 amide bonds. The van der Waals surface area contributed by atoms with E-state index in [0.717, 1.165) is 12.8 Å². The molecule has 3 fully saturated rings. The number of carbonyl (C=O) groups is 2. The molecular formula is C10H15O8P. The van der Waals surface area contributed by atoms with E-state index in [1.54, 1.807) is 13.8 Å². The monoisotopic (exact) mass is 294 g/mol. The predicted octanol–water partition coefficient (Wildman–Crippen LogP) is -0.285. The Labute approximate surface area is 108 Å². The first kappa shape index (κ1) is 14.6.